The van der Waals surface area contributed by atoms with Gasteiger partial charge in [0, 0.05) is 51.8 Å². The highest BCUT2D eigenvalue weighted by Crippen LogP contribution is 2.51. The van der Waals surface area contributed by atoms with Crippen LogP contribution >= 0.6 is 12.6 Å². The molecule has 0 radical (unpaired) electrons. The van der Waals surface area contributed by atoms with Gasteiger partial charge in [-0.1, -0.05) is 41.5 Å². The Kier molecular flexibility index (Phi) is 4.97. The molecule has 4 heteroatoms. The maximum atomic E-state index is 13.3. The van der Waals surface area contributed by atoms with Crippen LogP contribution in [0.3, 0.4) is 0 Å². The van der Waals surface area contributed by atoms with Crippen molar-refractivity contribution in [3.63, 3.8) is 0 Å². The molecule has 1 aliphatic heterocycles. The molecule has 0 saturated heterocycles. The fourth-order valence-electron chi connectivity index (χ4n) is 5.39. The van der Waals surface area contributed by atoms with Gasteiger partial charge >= 0.3 is 0 Å². The Balaban J connectivity index is 2.02. The van der Waals surface area contributed by atoms with Crippen molar-refractivity contribution in [1.29, 1.82) is 0 Å². The minimum absolute atomic E-state index is 0.0663. The Labute approximate surface area is 178 Å². The fourth-order valence-corrected chi connectivity index (χ4v) is 5.60. The molecule has 2 atom stereocenters. The van der Waals surface area contributed by atoms with Crippen LogP contribution in [0.4, 0.5) is 0 Å². The summed E-state index contributed by atoms with van der Waals surface area (Å²) in [7, 11) is 0. The summed E-state index contributed by atoms with van der Waals surface area (Å²) in [6, 6.07) is 7.99. The smallest absolute Gasteiger partial charge is 0.251 e. The first kappa shape index (κ1) is 20.3. The van der Waals surface area contributed by atoms with E-state index in [0.29, 0.717) is 17.8 Å². The first-order valence-corrected chi connectivity index (χ1v) is 11.2. The summed E-state index contributed by atoms with van der Waals surface area (Å²) in [5.41, 5.74) is 6.02. The molecule has 1 aliphatic rings. The van der Waals surface area contributed by atoms with Crippen LogP contribution in [-0.4, -0.2) is 9.55 Å². The number of hydrogen-bond donors (Lipinski definition) is 2. The van der Waals surface area contributed by atoms with Crippen molar-refractivity contribution in [2.75, 3.05) is 0 Å². The van der Waals surface area contributed by atoms with Crippen LogP contribution in [0.1, 0.15) is 58.7 Å². The molecule has 0 aliphatic carbocycles. The molecular weight excluding hydrogens is 376 g/mol. The lowest BCUT2D eigenvalue weighted by Gasteiger charge is -2.34. The fraction of sp³-hybridized carbons (Fsp3) is 0.480. The molecule has 2 unspecified atom stereocenters. The van der Waals surface area contributed by atoms with Crippen molar-refractivity contribution >= 4 is 23.5 Å². The summed E-state index contributed by atoms with van der Waals surface area (Å²) in [5, 5.41) is 1.13. The lowest BCUT2D eigenvalue weighted by molar-refractivity contribution is 0.200. The molecule has 0 spiro atoms. The third-order valence-electron chi connectivity index (χ3n) is 7.05. The molecule has 0 bridgehead atoms. The lowest BCUT2D eigenvalue weighted by atomic mass is 9.68. The zero-order chi connectivity index (χ0) is 21.1. The van der Waals surface area contributed by atoms with Gasteiger partial charge in [0.15, 0.2) is 0 Å². The van der Waals surface area contributed by atoms with Crippen molar-refractivity contribution in [3.8, 4) is 11.1 Å². The lowest BCUT2D eigenvalue weighted by Crippen LogP contribution is -2.27. The zero-order valence-electron chi connectivity index (χ0n) is 18.3. The quantitative estimate of drug-likeness (QED) is 0.491. The molecule has 29 heavy (non-hydrogen) atoms. The van der Waals surface area contributed by atoms with Gasteiger partial charge in [0.05, 0.1) is 0 Å². The summed E-state index contributed by atoms with van der Waals surface area (Å²) in [6.07, 6.45) is 2.96. The molecule has 0 amide bonds. The van der Waals surface area contributed by atoms with Gasteiger partial charge in [-0.15, -0.1) is 12.6 Å². The van der Waals surface area contributed by atoms with E-state index in [0.717, 1.165) is 39.9 Å². The molecule has 4 rings (SSSR count). The van der Waals surface area contributed by atoms with Gasteiger partial charge in [0.1, 0.15) is 0 Å². The minimum atomic E-state index is 0.0663. The number of hydrogen-bond acceptors (Lipinski definition) is 2. The zero-order valence-corrected chi connectivity index (χ0v) is 19.2. The minimum Gasteiger partial charge on any atom is -0.361 e. The second-order valence-electron chi connectivity index (χ2n) is 9.70. The number of pyridine rings is 1. The predicted octanol–water partition coefficient (Wildman–Crippen LogP) is 6.26. The molecule has 2 aromatic heterocycles. The van der Waals surface area contributed by atoms with E-state index >= 15 is 0 Å². The molecule has 3 nitrogen and oxygen atoms in total. The highest BCUT2D eigenvalue weighted by molar-refractivity contribution is 7.80. The Hall–Kier alpha value is -1.94. The van der Waals surface area contributed by atoms with Crippen LogP contribution in [0.5, 0.6) is 0 Å². The Morgan fingerprint density at radius 1 is 1.21 bits per heavy atom. The SMILES string of the molecule is CCc1c(-c2c[nH]c3ccc(S)cc23)cc(=O)n2c1C(C(C)C(C)C)C(C)(C)C2. The van der Waals surface area contributed by atoms with Gasteiger partial charge < -0.3 is 9.55 Å². The highest BCUT2D eigenvalue weighted by Gasteiger charge is 2.45. The largest absolute Gasteiger partial charge is 0.361 e. The number of nitrogens with one attached hydrogen (secondary N) is 1. The van der Waals surface area contributed by atoms with Crippen molar-refractivity contribution in [2.24, 2.45) is 17.3 Å². The molecule has 1 N–H and O–H groups in total. The highest BCUT2D eigenvalue weighted by atomic mass is 32.1. The second-order valence-corrected chi connectivity index (χ2v) is 10.2. The van der Waals surface area contributed by atoms with Gasteiger partial charge in [-0.2, -0.15) is 0 Å². The normalized spacial score (nSPS) is 19.1. The summed E-state index contributed by atoms with van der Waals surface area (Å²) in [5.74, 6) is 1.44. The van der Waals surface area contributed by atoms with E-state index in [4.69, 9.17) is 0 Å². The molecule has 0 fully saturated rings. The number of nitrogens with zero attached hydrogens (tertiary/aromatic N) is 1. The predicted molar refractivity (Wildman–Crippen MR) is 125 cm³/mol. The second kappa shape index (κ2) is 7.09. The van der Waals surface area contributed by atoms with E-state index in [1.54, 1.807) is 0 Å². The van der Waals surface area contributed by atoms with Crippen molar-refractivity contribution in [1.82, 2.24) is 9.55 Å². The van der Waals surface area contributed by atoms with Gasteiger partial charge in [0.2, 0.25) is 0 Å². The summed E-state index contributed by atoms with van der Waals surface area (Å²) in [4.78, 5) is 17.6. The van der Waals surface area contributed by atoms with Crippen LogP contribution in [0.2, 0.25) is 0 Å². The van der Waals surface area contributed by atoms with Gasteiger partial charge in [-0.3, -0.25) is 4.79 Å². The van der Waals surface area contributed by atoms with Crippen LogP contribution in [0.25, 0.3) is 22.0 Å². The first-order valence-electron chi connectivity index (χ1n) is 10.7. The molecule has 0 saturated carbocycles. The van der Waals surface area contributed by atoms with Crippen molar-refractivity contribution in [3.05, 3.63) is 52.1 Å². The average Bonchev–Trinajstić information content (AvgIpc) is 3.18. The van der Waals surface area contributed by atoms with Crippen LogP contribution in [0.15, 0.2) is 40.2 Å². The standard InChI is InChI=1S/C25H32N2OS/c1-7-17-18(20-12-26-21-9-8-16(29)10-19(20)21)11-22(28)27-13-25(5,6)23(24(17)27)15(4)14(2)3/h8-12,14-15,23,26,29H,7,13H2,1-6H3. The van der Waals surface area contributed by atoms with E-state index in [-0.39, 0.29) is 11.0 Å². The van der Waals surface area contributed by atoms with Crippen molar-refractivity contribution < 1.29 is 0 Å². The maximum absolute atomic E-state index is 13.3. The third kappa shape index (κ3) is 3.16. The summed E-state index contributed by atoms with van der Waals surface area (Å²) in [6.45, 7) is 14.6. The number of H-pyrrole nitrogens is 1. The van der Waals surface area contributed by atoms with E-state index in [1.165, 1.54) is 11.3 Å². The molecule has 3 aromatic rings. The van der Waals surface area contributed by atoms with Gasteiger partial charge in [-0.05, 0) is 53.0 Å². The summed E-state index contributed by atoms with van der Waals surface area (Å²) < 4.78 is 2.06. The van der Waals surface area contributed by atoms with Crippen LogP contribution in [-0.2, 0) is 13.0 Å². The number of rotatable bonds is 4. The molecule has 3 heterocycles. The molecule has 1 aromatic carbocycles. The van der Waals surface area contributed by atoms with Crippen LogP contribution < -0.4 is 5.56 Å². The Bertz CT molecular complexity index is 1140. The Morgan fingerprint density at radius 2 is 1.93 bits per heavy atom. The average molecular weight is 409 g/mol. The first-order chi connectivity index (χ1) is 13.7. The van der Waals surface area contributed by atoms with E-state index in [2.05, 4.69) is 75.9 Å². The Morgan fingerprint density at radius 3 is 2.59 bits per heavy atom. The number of thiol groups is 1. The summed E-state index contributed by atoms with van der Waals surface area (Å²) >= 11 is 4.54. The molecule has 154 valence electrons. The number of benzene rings is 1. The van der Waals surface area contributed by atoms with Gasteiger partial charge in [0.25, 0.3) is 5.56 Å². The monoisotopic (exact) mass is 408 g/mol. The van der Waals surface area contributed by atoms with E-state index in [1.807, 2.05) is 18.3 Å². The molecular formula is C25H32N2OS. The number of aromatic amines is 1. The topological polar surface area (TPSA) is 37.8 Å². The number of fused-ring (bicyclic) bond motifs is 2. The van der Waals surface area contributed by atoms with Crippen molar-refractivity contribution in [2.45, 2.75) is 65.3 Å². The number of aromatic nitrogens is 2. The van der Waals surface area contributed by atoms with E-state index in [9.17, 15) is 4.79 Å². The van der Waals surface area contributed by atoms with E-state index < -0.39 is 0 Å². The third-order valence-corrected chi connectivity index (χ3v) is 7.33. The van der Waals surface area contributed by atoms with Crippen LogP contribution in [0, 0.1) is 17.3 Å². The van der Waals surface area contributed by atoms with Gasteiger partial charge in [-0.25, -0.2) is 0 Å². The maximum Gasteiger partial charge on any atom is 0.251 e.